The van der Waals surface area contributed by atoms with Crippen molar-refractivity contribution < 1.29 is 24.2 Å². The fourth-order valence-electron chi connectivity index (χ4n) is 2.18. The van der Waals surface area contributed by atoms with E-state index < -0.39 is 17.9 Å². The Hall–Kier alpha value is -1.64. The second kappa shape index (κ2) is 5.78. The number of carboxylic acids is 1. The van der Waals surface area contributed by atoms with Gasteiger partial charge < -0.3 is 14.7 Å². The zero-order valence-corrected chi connectivity index (χ0v) is 12.8. The predicted molar refractivity (Wildman–Crippen MR) is 78.6 cm³/mol. The number of benzene rings is 1. The number of esters is 1. The third-order valence-corrected chi connectivity index (χ3v) is 3.81. The Balaban J connectivity index is 2.35. The third-order valence-electron chi connectivity index (χ3n) is 3.14. The van der Waals surface area contributed by atoms with Crippen molar-refractivity contribution >= 4 is 46.1 Å². The van der Waals surface area contributed by atoms with Crippen LogP contribution in [0.3, 0.4) is 0 Å². The van der Waals surface area contributed by atoms with Crippen molar-refractivity contribution in [2.75, 3.05) is 18.6 Å². The quantitative estimate of drug-likeness (QED) is 0.626. The standard InChI is InChI=1S/C13H12INO5/c1-20-13(19)7-4-11(16)15(6-7)10-3-2-8(14)5-9(10)12(17)18/h2-3,5,7H,4,6H2,1H3,(H,17,18). The molecule has 2 rings (SSSR count). The number of carboxylic acid groups (broad SMARTS) is 1. The minimum absolute atomic E-state index is 0.0394. The highest BCUT2D eigenvalue weighted by atomic mass is 127. The van der Waals surface area contributed by atoms with Gasteiger partial charge in [-0.05, 0) is 40.8 Å². The fourth-order valence-corrected chi connectivity index (χ4v) is 2.67. The molecule has 1 aromatic rings. The maximum atomic E-state index is 12.0. The molecule has 0 spiro atoms. The first kappa shape index (κ1) is 14.8. The van der Waals surface area contributed by atoms with Crippen molar-refractivity contribution in [2.24, 2.45) is 5.92 Å². The van der Waals surface area contributed by atoms with Gasteiger partial charge in [0, 0.05) is 16.5 Å². The number of methoxy groups -OCH3 is 1. The van der Waals surface area contributed by atoms with Crippen LogP contribution in [0.25, 0.3) is 0 Å². The summed E-state index contributed by atoms with van der Waals surface area (Å²) in [6, 6.07) is 4.81. The van der Waals surface area contributed by atoms with Crippen LogP contribution in [0, 0.1) is 9.49 Å². The van der Waals surface area contributed by atoms with Crippen molar-refractivity contribution in [1.29, 1.82) is 0 Å². The fraction of sp³-hybridized carbons (Fsp3) is 0.308. The van der Waals surface area contributed by atoms with Gasteiger partial charge in [0.1, 0.15) is 0 Å². The van der Waals surface area contributed by atoms with Gasteiger partial charge >= 0.3 is 11.9 Å². The van der Waals surface area contributed by atoms with Crippen molar-refractivity contribution in [2.45, 2.75) is 6.42 Å². The van der Waals surface area contributed by atoms with E-state index in [1.807, 2.05) is 22.6 Å². The van der Waals surface area contributed by atoms with Crippen LogP contribution in [-0.2, 0) is 14.3 Å². The highest BCUT2D eigenvalue weighted by Gasteiger charge is 2.37. The van der Waals surface area contributed by atoms with E-state index in [1.54, 1.807) is 12.1 Å². The maximum absolute atomic E-state index is 12.0. The summed E-state index contributed by atoms with van der Waals surface area (Å²) in [6.45, 7) is 0.145. The molecule has 1 unspecified atom stereocenters. The first-order valence-corrected chi connectivity index (χ1v) is 6.93. The zero-order valence-electron chi connectivity index (χ0n) is 10.6. The van der Waals surface area contributed by atoms with Gasteiger partial charge in [-0.2, -0.15) is 0 Å². The number of amides is 1. The lowest BCUT2D eigenvalue weighted by molar-refractivity contribution is -0.145. The number of halogens is 1. The van der Waals surface area contributed by atoms with Crippen LogP contribution in [0.1, 0.15) is 16.8 Å². The molecule has 6 nitrogen and oxygen atoms in total. The van der Waals surface area contributed by atoms with E-state index in [0.717, 1.165) is 3.57 Å². The van der Waals surface area contributed by atoms with Gasteiger partial charge in [-0.25, -0.2) is 4.79 Å². The van der Waals surface area contributed by atoms with Crippen LogP contribution in [0.4, 0.5) is 5.69 Å². The molecule has 1 fully saturated rings. The molecule has 106 valence electrons. The molecule has 1 aromatic carbocycles. The number of hydrogen-bond donors (Lipinski definition) is 1. The molecule has 1 aliphatic heterocycles. The lowest BCUT2D eigenvalue weighted by atomic mass is 10.1. The smallest absolute Gasteiger partial charge is 0.337 e. The molecular formula is C13H12INO5. The first-order chi connectivity index (χ1) is 9.43. The lowest BCUT2D eigenvalue weighted by Crippen LogP contribution is -2.27. The molecule has 20 heavy (non-hydrogen) atoms. The van der Waals surface area contributed by atoms with Crippen LogP contribution in [0.5, 0.6) is 0 Å². The minimum atomic E-state index is -1.10. The molecule has 1 amide bonds. The van der Waals surface area contributed by atoms with Gasteiger partial charge in [0.2, 0.25) is 5.91 Å². The van der Waals surface area contributed by atoms with Crippen LogP contribution in [-0.4, -0.2) is 36.6 Å². The molecule has 1 N–H and O–H groups in total. The number of hydrogen-bond acceptors (Lipinski definition) is 4. The van der Waals surface area contributed by atoms with Crippen LogP contribution in [0.15, 0.2) is 18.2 Å². The van der Waals surface area contributed by atoms with Crippen molar-refractivity contribution in [1.82, 2.24) is 0 Å². The SMILES string of the molecule is COC(=O)C1CC(=O)N(c2ccc(I)cc2C(=O)O)C1. The van der Waals surface area contributed by atoms with E-state index in [0.29, 0.717) is 5.69 Å². The number of aromatic carboxylic acids is 1. The molecule has 0 saturated carbocycles. The highest BCUT2D eigenvalue weighted by molar-refractivity contribution is 14.1. The maximum Gasteiger partial charge on any atom is 0.337 e. The molecule has 0 aromatic heterocycles. The van der Waals surface area contributed by atoms with Gasteiger partial charge in [0.25, 0.3) is 0 Å². The Bertz CT molecular complexity index is 586. The molecule has 0 aliphatic carbocycles. The summed E-state index contributed by atoms with van der Waals surface area (Å²) in [6.07, 6.45) is 0.0394. The van der Waals surface area contributed by atoms with Crippen molar-refractivity contribution in [3.05, 3.63) is 27.3 Å². The Morgan fingerprint density at radius 2 is 2.15 bits per heavy atom. The summed E-state index contributed by atoms with van der Waals surface area (Å²) in [5.74, 6) is -2.38. The second-order valence-electron chi connectivity index (χ2n) is 4.40. The Morgan fingerprint density at radius 3 is 2.75 bits per heavy atom. The minimum Gasteiger partial charge on any atom is -0.478 e. The average Bonchev–Trinajstić information content (AvgIpc) is 2.79. The number of carbonyl (C=O) groups is 3. The van der Waals surface area contributed by atoms with E-state index >= 15 is 0 Å². The number of anilines is 1. The largest absolute Gasteiger partial charge is 0.478 e. The monoisotopic (exact) mass is 389 g/mol. The molecule has 1 aliphatic rings. The van der Waals surface area contributed by atoms with E-state index in [4.69, 9.17) is 0 Å². The van der Waals surface area contributed by atoms with Gasteiger partial charge in [-0.1, -0.05) is 0 Å². The molecule has 1 saturated heterocycles. The third kappa shape index (κ3) is 2.77. The highest BCUT2D eigenvalue weighted by Crippen LogP contribution is 2.29. The summed E-state index contributed by atoms with van der Waals surface area (Å²) in [7, 11) is 1.27. The van der Waals surface area contributed by atoms with Gasteiger partial charge in [0.05, 0.1) is 24.3 Å². The topological polar surface area (TPSA) is 83.9 Å². The number of carbonyl (C=O) groups excluding carboxylic acids is 2. The first-order valence-electron chi connectivity index (χ1n) is 5.85. The molecule has 0 bridgehead atoms. The molecule has 1 atom stereocenters. The van der Waals surface area contributed by atoms with Gasteiger partial charge in [-0.3, -0.25) is 9.59 Å². The predicted octanol–water partition coefficient (Wildman–Crippen LogP) is 1.52. The van der Waals surface area contributed by atoms with Crippen molar-refractivity contribution in [3.63, 3.8) is 0 Å². The van der Waals surface area contributed by atoms with Crippen LogP contribution in [0.2, 0.25) is 0 Å². The number of nitrogens with zero attached hydrogens (tertiary/aromatic N) is 1. The molecular weight excluding hydrogens is 377 g/mol. The normalized spacial score (nSPS) is 18.2. The average molecular weight is 389 g/mol. The van der Waals surface area contributed by atoms with E-state index in [9.17, 15) is 19.5 Å². The van der Waals surface area contributed by atoms with Gasteiger partial charge in [0.15, 0.2) is 0 Å². The Kier molecular flexibility index (Phi) is 4.26. The molecule has 7 heteroatoms. The van der Waals surface area contributed by atoms with E-state index in [1.165, 1.54) is 18.1 Å². The summed E-state index contributed by atoms with van der Waals surface area (Å²) >= 11 is 2.00. The van der Waals surface area contributed by atoms with Crippen LogP contribution < -0.4 is 4.90 Å². The zero-order chi connectivity index (χ0) is 14.9. The van der Waals surface area contributed by atoms with Crippen LogP contribution >= 0.6 is 22.6 Å². The summed E-state index contributed by atoms with van der Waals surface area (Å²) in [4.78, 5) is 36.1. The van der Waals surface area contributed by atoms with Gasteiger partial charge in [-0.15, -0.1) is 0 Å². The molecule has 1 heterocycles. The lowest BCUT2D eigenvalue weighted by Gasteiger charge is -2.18. The van der Waals surface area contributed by atoms with E-state index in [2.05, 4.69) is 4.74 Å². The summed E-state index contributed by atoms with van der Waals surface area (Å²) in [5, 5.41) is 9.23. The number of ether oxygens (including phenoxy) is 1. The van der Waals surface area contributed by atoms with E-state index in [-0.39, 0.29) is 24.4 Å². The summed E-state index contributed by atoms with van der Waals surface area (Å²) < 4.78 is 5.39. The summed E-state index contributed by atoms with van der Waals surface area (Å²) in [5.41, 5.74) is 0.366. The Morgan fingerprint density at radius 1 is 1.45 bits per heavy atom. The Labute approximate surface area is 128 Å². The second-order valence-corrected chi connectivity index (χ2v) is 5.64. The number of rotatable bonds is 3. The van der Waals surface area contributed by atoms with Crippen molar-refractivity contribution in [3.8, 4) is 0 Å². The molecule has 0 radical (unpaired) electrons.